The average Bonchev–Trinajstić information content (AvgIpc) is 3.75. The Balaban J connectivity index is 1.09. The summed E-state index contributed by atoms with van der Waals surface area (Å²) >= 11 is 13.9. The highest BCUT2D eigenvalue weighted by atomic mass is 35.5. The Labute approximate surface area is 302 Å². The molecule has 0 spiro atoms. The zero-order chi connectivity index (χ0) is 34.8. The number of aliphatic hydroxyl groups excluding tert-OH is 1. The zero-order valence-corrected chi connectivity index (χ0v) is 29.8. The van der Waals surface area contributed by atoms with Crippen molar-refractivity contribution in [2.75, 3.05) is 33.9 Å². The molecular formula is C39H42Cl2N4O5. The molecule has 3 aliphatic rings. The van der Waals surface area contributed by atoms with Crippen molar-refractivity contribution in [2.24, 2.45) is 11.8 Å². The average molecular weight is 718 g/mol. The second kappa shape index (κ2) is 15.3. The van der Waals surface area contributed by atoms with Gasteiger partial charge in [0.05, 0.1) is 31.0 Å². The summed E-state index contributed by atoms with van der Waals surface area (Å²) in [6.45, 7) is 3.66. The van der Waals surface area contributed by atoms with E-state index in [4.69, 9.17) is 42.4 Å². The van der Waals surface area contributed by atoms with Gasteiger partial charge in [0.15, 0.2) is 0 Å². The number of aromatic nitrogens is 2. The molecule has 1 saturated carbocycles. The van der Waals surface area contributed by atoms with E-state index in [0.29, 0.717) is 46.7 Å². The van der Waals surface area contributed by atoms with E-state index >= 15 is 0 Å². The van der Waals surface area contributed by atoms with Crippen LogP contribution in [0.15, 0.2) is 54.6 Å². The van der Waals surface area contributed by atoms with Gasteiger partial charge in [-0.2, -0.15) is 4.98 Å². The molecule has 50 heavy (non-hydrogen) atoms. The molecule has 1 saturated heterocycles. The molecule has 2 N–H and O–H groups in total. The monoisotopic (exact) mass is 716 g/mol. The van der Waals surface area contributed by atoms with Crippen molar-refractivity contribution in [1.29, 1.82) is 0 Å². The largest absolute Gasteiger partial charge is 0.481 e. The van der Waals surface area contributed by atoms with Crippen LogP contribution in [-0.4, -0.2) is 66.2 Å². The number of rotatable bonds is 13. The molecule has 2 aliphatic carbocycles. The van der Waals surface area contributed by atoms with E-state index in [2.05, 4.69) is 27.3 Å². The summed E-state index contributed by atoms with van der Waals surface area (Å²) < 4.78 is 17.8. The third-order valence-corrected chi connectivity index (χ3v) is 10.9. The second-order valence-corrected chi connectivity index (χ2v) is 14.3. The number of likely N-dealkylation sites (tertiary alicyclic amines) is 1. The molecule has 7 rings (SSSR count). The quantitative estimate of drug-likeness (QED) is 0.140. The van der Waals surface area contributed by atoms with Crippen molar-refractivity contribution in [1.82, 2.24) is 20.2 Å². The molecule has 1 aliphatic heterocycles. The Kier molecular flexibility index (Phi) is 10.6. The Bertz CT molecular complexity index is 1870. The Morgan fingerprint density at radius 2 is 1.70 bits per heavy atom. The van der Waals surface area contributed by atoms with Crippen LogP contribution in [0.25, 0.3) is 22.4 Å². The molecule has 0 unspecified atom stereocenters. The number of carbonyl (C=O) groups is 1. The Morgan fingerprint density at radius 3 is 2.46 bits per heavy atom. The minimum atomic E-state index is -0.235. The maximum Gasteiger partial charge on any atom is 0.236 e. The van der Waals surface area contributed by atoms with Gasteiger partial charge in [-0.05, 0) is 79.9 Å². The van der Waals surface area contributed by atoms with Gasteiger partial charge in [0.25, 0.3) is 0 Å². The van der Waals surface area contributed by atoms with Crippen LogP contribution in [0.2, 0.25) is 10.0 Å². The third kappa shape index (κ3) is 7.20. The number of pyridine rings is 2. The van der Waals surface area contributed by atoms with Crippen LogP contribution in [0.1, 0.15) is 54.0 Å². The minimum absolute atomic E-state index is 0.0651. The predicted octanol–water partition coefficient (Wildman–Crippen LogP) is 7.08. The lowest BCUT2D eigenvalue weighted by Gasteiger charge is -2.31. The molecule has 0 radical (unpaired) electrons. The van der Waals surface area contributed by atoms with Gasteiger partial charge in [-0.25, -0.2) is 4.98 Å². The molecule has 0 bridgehead atoms. The number of benzene rings is 2. The van der Waals surface area contributed by atoms with Crippen molar-refractivity contribution >= 4 is 29.5 Å². The van der Waals surface area contributed by atoms with Crippen molar-refractivity contribution < 1.29 is 24.1 Å². The number of hydrogen-bond donors (Lipinski definition) is 2. The molecule has 2 fully saturated rings. The second-order valence-electron chi connectivity index (χ2n) is 13.5. The fraction of sp³-hybridized carbons (Fsp3) is 0.410. The molecule has 4 aromatic rings. The summed E-state index contributed by atoms with van der Waals surface area (Å²) in [5.41, 5.74) is 7.64. The van der Waals surface area contributed by atoms with Gasteiger partial charge in [-0.1, -0.05) is 65.7 Å². The van der Waals surface area contributed by atoms with Gasteiger partial charge < -0.3 is 29.4 Å². The van der Waals surface area contributed by atoms with Crippen LogP contribution in [0.3, 0.4) is 0 Å². The zero-order valence-electron chi connectivity index (χ0n) is 28.3. The molecule has 262 valence electrons. The van der Waals surface area contributed by atoms with Crippen LogP contribution in [0, 0.1) is 11.8 Å². The van der Waals surface area contributed by atoms with E-state index in [1.807, 2.05) is 42.5 Å². The number of hydrogen-bond acceptors (Lipinski definition) is 9. The predicted molar refractivity (Wildman–Crippen MR) is 194 cm³/mol. The van der Waals surface area contributed by atoms with Gasteiger partial charge in [0, 0.05) is 47.8 Å². The summed E-state index contributed by atoms with van der Waals surface area (Å²) in [7, 11) is 3.23. The highest BCUT2D eigenvalue weighted by Gasteiger charge is 2.30. The topological polar surface area (TPSA) is 106 Å². The van der Waals surface area contributed by atoms with E-state index < -0.39 is 0 Å². The molecule has 9 nitrogen and oxygen atoms in total. The number of nitrogens with one attached hydrogen (secondary N) is 1. The summed E-state index contributed by atoms with van der Waals surface area (Å²) in [6.07, 6.45) is 4.79. The number of carbonyl (C=O) groups excluding carboxylic acids is 1. The minimum Gasteiger partial charge on any atom is -0.481 e. The standard InChI is InChI=1S/C39H42Cl2N4O5/c1-48-37-25(19-42-18-24-15-27(47)16-24)9-11-34(43-37)32-8-4-7-31(36(32)41)28-5-3-6-30-29(28)10-12-35(30)50-39-33(40)17-26(38(44-39)49-2)21-45-14-13-23(20-45)22-46/h3-9,11,17,22-24,27,35,42,47H,10,12-16,18-21H2,1-2H3/t23-,24-,27-,35-/m0/s1. The van der Waals surface area contributed by atoms with Gasteiger partial charge >= 0.3 is 0 Å². The van der Waals surface area contributed by atoms with Gasteiger partial charge in [0.2, 0.25) is 17.6 Å². The number of halogens is 2. The number of ether oxygens (including phenoxy) is 3. The van der Waals surface area contributed by atoms with Crippen molar-refractivity contribution in [3.8, 4) is 40.0 Å². The summed E-state index contributed by atoms with van der Waals surface area (Å²) in [4.78, 5) is 23.0. The van der Waals surface area contributed by atoms with E-state index in [1.54, 1.807) is 14.2 Å². The smallest absolute Gasteiger partial charge is 0.236 e. The normalized spacial score (nSPS) is 21.5. The lowest BCUT2D eigenvalue weighted by atomic mass is 9.82. The fourth-order valence-corrected chi connectivity index (χ4v) is 8.04. The highest BCUT2D eigenvalue weighted by molar-refractivity contribution is 6.36. The number of aldehydes is 1. The van der Waals surface area contributed by atoms with Crippen molar-refractivity contribution in [3.05, 3.63) is 86.9 Å². The van der Waals surface area contributed by atoms with Crippen LogP contribution in [-0.2, 0) is 24.3 Å². The van der Waals surface area contributed by atoms with E-state index in [-0.39, 0.29) is 18.1 Å². The lowest BCUT2D eigenvalue weighted by molar-refractivity contribution is -0.110. The molecule has 2 atom stereocenters. The van der Waals surface area contributed by atoms with Crippen molar-refractivity contribution in [3.63, 3.8) is 0 Å². The Hall–Kier alpha value is -3.73. The first-order valence-electron chi connectivity index (χ1n) is 17.3. The lowest BCUT2D eigenvalue weighted by Crippen LogP contribution is -2.35. The van der Waals surface area contributed by atoms with Crippen LogP contribution >= 0.6 is 23.2 Å². The SMILES string of the molecule is COc1nc(-c2cccc(-c3cccc4c3CC[C@@H]4Oc3nc(OC)c(CN4CC[C@H](C=O)C4)cc3Cl)c2Cl)ccc1CNC[C@H]1C[C@H](O)C1. The first-order chi connectivity index (χ1) is 24.3. The third-order valence-electron chi connectivity index (χ3n) is 10.2. The molecule has 3 heterocycles. The van der Waals surface area contributed by atoms with E-state index in [9.17, 15) is 9.90 Å². The first kappa shape index (κ1) is 34.7. The number of nitrogens with zero attached hydrogens (tertiary/aromatic N) is 3. The summed E-state index contributed by atoms with van der Waals surface area (Å²) in [5, 5.41) is 14.1. The van der Waals surface area contributed by atoms with Gasteiger partial charge in [-0.15, -0.1) is 0 Å². The number of aliphatic hydroxyl groups is 1. The van der Waals surface area contributed by atoms with Gasteiger partial charge in [0.1, 0.15) is 17.4 Å². The first-order valence-corrected chi connectivity index (χ1v) is 18.0. The summed E-state index contributed by atoms with van der Waals surface area (Å²) in [6, 6.07) is 18.2. The molecule has 11 heteroatoms. The molecule has 2 aromatic carbocycles. The number of fused-ring (bicyclic) bond motifs is 1. The van der Waals surface area contributed by atoms with Gasteiger partial charge in [-0.3, -0.25) is 4.90 Å². The molecule has 2 aromatic heterocycles. The maximum absolute atomic E-state index is 11.2. The maximum atomic E-state index is 11.2. The molecular weight excluding hydrogens is 675 g/mol. The number of methoxy groups -OCH3 is 2. The summed E-state index contributed by atoms with van der Waals surface area (Å²) in [5.74, 6) is 1.95. The van der Waals surface area contributed by atoms with E-state index in [1.165, 1.54) is 5.56 Å². The van der Waals surface area contributed by atoms with Crippen LogP contribution in [0.5, 0.6) is 17.6 Å². The Morgan fingerprint density at radius 1 is 0.940 bits per heavy atom. The van der Waals surface area contributed by atoms with Crippen LogP contribution in [0.4, 0.5) is 0 Å². The van der Waals surface area contributed by atoms with Crippen molar-refractivity contribution in [2.45, 2.75) is 57.4 Å². The fourth-order valence-electron chi connectivity index (χ4n) is 7.50. The highest BCUT2D eigenvalue weighted by Crippen LogP contribution is 2.45. The molecule has 0 amide bonds. The van der Waals surface area contributed by atoms with Crippen LogP contribution < -0.4 is 19.5 Å². The van der Waals surface area contributed by atoms with E-state index in [0.717, 1.165) is 97.1 Å².